The highest BCUT2D eigenvalue weighted by Gasteiger charge is 2.28. The molecule has 2 aliphatic heterocycles. The van der Waals surface area contributed by atoms with Gasteiger partial charge in [0.05, 0.1) is 19.1 Å². The first kappa shape index (κ1) is 25.2. The molecule has 1 amide bonds. The summed E-state index contributed by atoms with van der Waals surface area (Å²) in [7, 11) is 1.73. The number of anilines is 1. The van der Waals surface area contributed by atoms with Crippen LogP contribution in [-0.4, -0.2) is 87.1 Å². The number of benzene rings is 1. The summed E-state index contributed by atoms with van der Waals surface area (Å²) in [6.45, 7) is 7.06. The van der Waals surface area contributed by atoms with E-state index in [0.717, 1.165) is 52.1 Å². The van der Waals surface area contributed by atoms with Crippen molar-refractivity contribution >= 4 is 47.5 Å². The third-order valence-electron chi connectivity index (χ3n) is 5.78. The lowest BCUT2D eigenvalue weighted by Crippen LogP contribution is -2.53. The Hall–Kier alpha value is -2.04. The van der Waals surface area contributed by atoms with Crippen molar-refractivity contribution in [3.8, 4) is 0 Å². The Morgan fingerprint density at radius 2 is 1.68 bits per heavy atom. The number of carbonyl (C=O) groups excluding carboxylic acids is 2. The summed E-state index contributed by atoms with van der Waals surface area (Å²) in [5, 5.41) is 3.20. The molecule has 1 aromatic rings. The lowest BCUT2D eigenvalue weighted by Gasteiger charge is -2.37. The molecule has 0 unspecified atom stereocenters. The number of hydrogen-bond donors (Lipinski definition) is 1. The van der Waals surface area contributed by atoms with Gasteiger partial charge in [-0.05, 0) is 31.9 Å². The zero-order chi connectivity index (χ0) is 21.3. The van der Waals surface area contributed by atoms with Crippen molar-refractivity contribution in [2.24, 2.45) is 10.9 Å². The summed E-state index contributed by atoms with van der Waals surface area (Å²) in [6, 6.07) is 10.3. The maximum absolute atomic E-state index is 12.7. The van der Waals surface area contributed by atoms with Crippen molar-refractivity contribution in [1.29, 1.82) is 0 Å². The monoisotopic (exact) mass is 543 g/mol. The molecule has 1 N–H and O–H groups in total. The van der Waals surface area contributed by atoms with Gasteiger partial charge in [0.2, 0.25) is 5.91 Å². The van der Waals surface area contributed by atoms with Crippen LogP contribution in [0.3, 0.4) is 0 Å². The molecule has 0 atom stereocenters. The maximum Gasteiger partial charge on any atom is 0.309 e. The van der Waals surface area contributed by atoms with Crippen molar-refractivity contribution in [2.45, 2.75) is 19.8 Å². The van der Waals surface area contributed by atoms with Gasteiger partial charge in [0.15, 0.2) is 5.96 Å². The molecule has 0 aromatic heterocycles. The number of ether oxygens (including phenoxy) is 1. The van der Waals surface area contributed by atoms with Gasteiger partial charge < -0.3 is 24.8 Å². The van der Waals surface area contributed by atoms with E-state index in [0.29, 0.717) is 12.6 Å². The largest absolute Gasteiger partial charge is 0.466 e. The fraction of sp³-hybridized carbons (Fsp3) is 0.591. The third-order valence-corrected chi connectivity index (χ3v) is 5.78. The number of rotatable bonds is 5. The SMILES string of the molecule is CCOC(=O)C1CCN(C(=NC)NCC(=O)N2CCN(c3ccccc3)CC2)CC1.I. The molecule has 3 rings (SSSR count). The van der Waals surface area contributed by atoms with E-state index >= 15 is 0 Å². The van der Waals surface area contributed by atoms with E-state index in [1.54, 1.807) is 7.05 Å². The Bertz CT molecular complexity index is 730. The van der Waals surface area contributed by atoms with E-state index in [-0.39, 0.29) is 48.3 Å². The van der Waals surface area contributed by atoms with Crippen LogP contribution in [0.25, 0.3) is 0 Å². The average molecular weight is 543 g/mol. The number of esters is 1. The predicted molar refractivity (Wildman–Crippen MR) is 133 cm³/mol. The number of piperidine rings is 1. The highest BCUT2D eigenvalue weighted by Crippen LogP contribution is 2.19. The van der Waals surface area contributed by atoms with Crippen LogP contribution in [0.5, 0.6) is 0 Å². The second-order valence-corrected chi connectivity index (χ2v) is 7.62. The normalized spacial score (nSPS) is 17.7. The van der Waals surface area contributed by atoms with Crippen molar-refractivity contribution in [3.63, 3.8) is 0 Å². The molecule has 2 fully saturated rings. The number of guanidine groups is 1. The highest BCUT2D eigenvalue weighted by atomic mass is 127. The minimum Gasteiger partial charge on any atom is -0.466 e. The summed E-state index contributed by atoms with van der Waals surface area (Å²) in [4.78, 5) is 35.2. The molecule has 0 radical (unpaired) electrons. The molecule has 0 aliphatic carbocycles. The van der Waals surface area contributed by atoms with Crippen LogP contribution in [-0.2, 0) is 14.3 Å². The number of amides is 1. The number of likely N-dealkylation sites (tertiary alicyclic amines) is 1. The van der Waals surface area contributed by atoms with Crippen LogP contribution >= 0.6 is 24.0 Å². The second kappa shape index (κ2) is 12.7. The van der Waals surface area contributed by atoms with Crippen molar-refractivity contribution in [3.05, 3.63) is 30.3 Å². The summed E-state index contributed by atoms with van der Waals surface area (Å²) in [6.07, 6.45) is 1.49. The Morgan fingerprint density at radius 1 is 1.03 bits per heavy atom. The lowest BCUT2D eigenvalue weighted by atomic mass is 9.97. The third kappa shape index (κ3) is 6.98. The molecular formula is C22H34IN5O3. The Labute approximate surface area is 202 Å². The first-order valence-corrected chi connectivity index (χ1v) is 10.8. The van der Waals surface area contributed by atoms with Gasteiger partial charge in [-0.3, -0.25) is 14.6 Å². The van der Waals surface area contributed by atoms with Gasteiger partial charge in [0.25, 0.3) is 0 Å². The Morgan fingerprint density at radius 3 is 2.26 bits per heavy atom. The summed E-state index contributed by atoms with van der Waals surface area (Å²) >= 11 is 0. The van der Waals surface area contributed by atoms with Gasteiger partial charge in [-0.15, -0.1) is 24.0 Å². The summed E-state index contributed by atoms with van der Waals surface area (Å²) in [5.74, 6) is 0.658. The lowest BCUT2D eigenvalue weighted by molar-refractivity contribution is -0.149. The number of para-hydroxylation sites is 1. The van der Waals surface area contributed by atoms with E-state index in [1.807, 2.05) is 30.0 Å². The molecule has 2 saturated heterocycles. The fourth-order valence-electron chi connectivity index (χ4n) is 4.04. The molecular weight excluding hydrogens is 509 g/mol. The molecule has 2 aliphatic rings. The van der Waals surface area contributed by atoms with E-state index in [9.17, 15) is 9.59 Å². The van der Waals surface area contributed by atoms with Crippen LogP contribution in [0.2, 0.25) is 0 Å². The maximum atomic E-state index is 12.7. The Kier molecular flexibility index (Phi) is 10.4. The first-order chi connectivity index (χ1) is 14.6. The summed E-state index contributed by atoms with van der Waals surface area (Å²) < 4.78 is 5.13. The molecule has 172 valence electrons. The topological polar surface area (TPSA) is 77.5 Å². The van der Waals surface area contributed by atoms with Gasteiger partial charge in [0, 0.05) is 52.0 Å². The van der Waals surface area contributed by atoms with Gasteiger partial charge in [-0.25, -0.2) is 0 Å². The van der Waals surface area contributed by atoms with Crippen LogP contribution in [0.4, 0.5) is 5.69 Å². The fourth-order valence-corrected chi connectivity index (χ4v) is 4.04. The molecule has 1 aromatic carbocycles. The van der Waals surface area contributed by atoms with Gasteiger partial charge in [0.1, 0.15) is 0 Å². The van der Waals surface area contributed by atoms with Crippen LogP contribution < -0.4 is 10.2 Å². The van der Waals surface area contributed by atoms with E-state index in [1.165, 1.54) is 5.69 Å². The molecule has 31 heavy (non-hydrogen) atoms. The molecule has 8 nitrogen and oxygen atoms in total. The molecule has 0 saturated carbocycles. The van der Waals surface area contributed by atoms with Crippen LogP contribution in [0.1, 0.15) is 19.8 Å². The quantitative estimate of drug-likeness (QED) is 0.264. The van der Waals surface area contributed by atoms with Crippen molar-refractivity contribution in [1.82, 2.24) is 15.1 Å². The first-order valence-electron chi connectivity index (χ1n) is 10.8. The number of hydrogen-bond acceptors (Lipinski definition) is 5. The number of carbonyl (C=O) groups is 2. The van der Waals surface area contributed by atoms with Crippen molar-refractivity contribution < 1.29 is 14.3 Å². The average Bonchev–Trinajstić information content (AvgIpc) is 2.80. The second-order valence-electron chi connectivity index (χ2n) is 7.62. The zero-order valence-electron chi connectivity index (χ0n) is 18.5. The minimum absolute atomic E-state index is 0. The van der Waals surface area contributed by atoms with Gasteiger partial charge >= 0.3 is 5.97 Å². The number of halogens is 1. The number of nitrogens with zero attached hydrogens (tertiary/aromatic N) is 4. The number of piperazine rings is 1. The number of aliphatic imine (C=N–C) groups is 1. The molecule has 0 spiro atoms. The summed E-state index contributed by atoms with van der Waals surface area (Å²) in [5.41, 5.74) is 1.20. The minimum atomic E-state index is -0.107. The van der Waals surface area contributed by atoms with E-state index in [4.69, 9.17) is 4.74 Å². The molecule has 2 heterocycles. The Balaban J connectivity index is 0.00000341. The number of nitrogens with one attached hydrogen (secondary N) is 1. The van der Waals surface area contributed by atoms with Gasteiger partial charge in [-0.2, -0.15) is 0 Å². The highest BCUT2D eigenvalue weighted by molar-refractivity contribution is 14.0. The van der Waals surface area contributed by atoms with Crippen LogP contribution in [0, 0.1) is 5.92 Å². The van der Waals surface area contributed by atoms with E-state index < -0.39 is 0 Å². The van der Waals surface area contributed by atoms with Crippen molar-refractivity contribution in [2.75, 3.05) is 64.4 Å². The smallest absolute Gasteiger partial charge is 0.309 e. The van der Waals surface area contributed by atoms with E-state index in [2.05, 4.69) is 32.2 Å². The standard InChI is InChI=1S/C22H33N5O3.HI/c1-3-30-21(29)18-9-11-27(12-10-18)22(23-2)24-17-20(28)26-15-13-25(14-16-26)19-7-5-4-6-8-19;/h4-8,18H,3,9-17H2,1-2H3,(H,23,24);1H. The van der Waals surface area contributed by atoms with Crippen LogP contribution in [0.15, 0.2) is 35.3 Å². The molecule has 0 bridgehead atoms. The molecule has 9 heteroatoms. The predicted octanol–water partition coefficient (Wildman–Crippen LogP) is 1.80. The zero-order valence-corrected chi connectivity index (χ0v) is 20.8. The van der Waals surface area contributed by atoms with Gasteiger partial charge in [-0.1, -0.05) is 18.2 Å².